The normalized spacial score (nSPS) is 11.0. The molecule has 6 heteroatoms. The quantitative estimate of drug-likeness (QED) is 0.723. The molecule has 0 aliphatic carbocycles. The lowest BCUT2D eigenvalue weighted by Crippen LogP contribution is -1.98. The number of pyridine rings is 1. The zero-order valence-electron chi connectivity index (χ0n) is 7.58. The van der Waals surface area contributed by atoms with Crippen LogP contribution in [0.4, 0.5) is 0 Å². The molecule has 0 aliphatic heterocycles. The molecule has 80 valence electrons. The van der Waals surface area contributed by atoms with Crippen LogP contribution in [0.1, 0.15) is 0 Å². The van der Waals surface area contributed by atoms with Gasteiger partial charge in [0.25, 0.3) is 10.1 Å². The summed E-state index contributed by atoms with van der Waals surface area (Å²) in [6, 6.07) is 7.80. The van der Waals surface area contributed by atoms with Crippen molar-refractivity contribution in [3.63, 3.8) is 0 Å². The molecule has 0 spiro atoms. The summed E-state index contributed by atoms with van der Waals surface area (Å²) >= 11 is 0. The van der Waals surface area contributed by atoms with E-state index in [2.05, 4.69) is 4.98 Å². The summed E-state index contributed by atoms with van der Waals surface area (Å²) in [7, 11) is -4.17. The third-order valence-electron chi connectivity index (χ3n) is 1.88. The van der Waals surface area contributed by atoms with Gasteiger partial charge in [0.2, 0.25) is 0 Å². The number of hydrogen-bond acceptors (Lipinski definition) is 3. The predicted molar refractivity (Wildman–Crippen MR) is 55.2 cm³/mol. The summed E-state index contributed by atoms with van der Waals surface area (Å²) in [6.07, 6.45) is 1.57. The van der Waals surface area contributed by atoms with Crippen molar-refractivity contribution in [2.75, 3.05) is 0 Å². The minimum absolute atomic E-state index is 0. The van der Waals surface area contributed by atoms with Crippen molar-refractivity contribution in [3.8, 4) is 0 Å². The fourth-order valence-corrected chi connectivity index (χ4v) is 2.00. The third-order valence-corrected chi connectivity index (χ3v) is 2.80. The van der Waals surface area contributed by atoms with E-state index in [-0.39, 0.29) is 10.4 Å². The molecule has 0 radical (unpaired) electrons. The number of aromatic nitrogens is 1. The average molecular weight is 227 g/mol. The standard InChI is InChI=1S/C9H7NO3S.H2O/c11-14(12,13)9-5-1-4-8-7(9)3-2-6-10-8;/h1-6H,(H,11,12,13);1H2. The van der Waals surface area contributed by atoms with Crippen LogP contribution in [0.25, 0.3) is 10.9 Å². The molecular weight excluding hydrogens is 218 g/mol. The zero-order chi connectivity index (χ0) is 10.2. The minimum atomic E-state index is -4.17. The Bertz CT molecular complexity index is 574. The second-order valence-electron chi connectivity index (χ2n) is 2.80. The van der Waals surface area contributed by atoms with E-state index in [9.17, 15) is 8.42 Å². The molecule has 1 aromatic carbocycles. The van der Waals surface area contributed by atoms with Crippen molar-refractivity contribution in [3.05, 3.63) is 36.5 Å². The highest BCUT2D eigenvalue weighted by molar-refractivity contribution is 7.86. The number of hydrogen-bond donors (Lipinski definition) is 1. The molecule has 0 amide bonds. The number of fused-ring (bicyclic) bond motifs is 1. The van der Waals surface area contributed by atoms with Gasteiger partial charge in [-0.3, -0.25) is 9.54 Å². The van der Waals surface area contributed by atoms with Gasteiger partial charge < -0.3 is 5.48 Å². The van der Waals surface area contributed by atoms with Gasteiger partial charge in [-0.2, -0.15) is 8.42 Å². The van der Waals surface area contributed by atoms with Crippen LogP contribution >= 0.6 is 0 Å². The topological polar surface area (TPSA) is 98.8 Å². The molecule has 0 bridgehead atoms. The Morgan fingerprint density at radius 3 is 2.53 bits per heavy atom. The molecule has 1 aromatic heterocycles. The van der Waals surface area contributed by atoms with E-state index in [0.29, 0.717) is 10.9 Å². The first-order valence-corrected chi connectivity index (χ1v) is 5.34. The summed E-state index contributed by atoms with van der Waals surface area (Å²) in [4.78, 5) is 3.87. The molecule has 0 saturated heterocycles. The first-order valence-electron chi connectivity index (χ1n) is 3.90. The van der Waals surface area contributed by atoms with E-state index in [4.69, 9.17) is 4.55 Å². The van der Waals surface area contributed by atoms with E-state index < -0.39 is 10.1 Å². The molecule has 0 aliphatic rings. The highest BCUT2D eigenvalue weighted by Gasteiger charge is 2.12. The molecule has 2 aromatic rings. The monoisotopic (exact) mass is 227 g/mol. The van der Waals surface area contributed by atoms with Crippen LogP contribution in [0, 0.1) is 0 Å². The minimum Gasteiger partial charge on any atom is -0.412 e. The first kappa shape index (κ1) is 11.6. The van der Waals surface area contributed by atoms with Gasteiger partial charge in [-0.25, -0.2) is 0 Å². The average Bonchev–Trinajstić information content (AvgIpc) is 2.15. The Labute approximate surface area is 86.4 Å². The van der Waals surface area contributed by atoms with E-state index in [0.717, 1.165) is 0 Å². The van der Waals surface area contributed by atoms with Crippen molar-refractivity contribution < 1.29 is 18.4 Å². The van der Waals surface area contributed by atoms with Crippen LogP contribution < -0.4 is 0 Å². The fourth-order valence-electron chi connectivity index (χ4n) is 1.30. The second-order valence-corrected chi connectivity index (χ2v) is 4.19. The van der Waals surface area contributed by atoms with Crippen LogP contribution in [-0.4, -0.2) is 23.4 Å². The van der Waals surface area contributed by atoms with E-state index in [1.807, 2.05) is 0 Å². The molecule has 0 saturated carbocycles. The van der Waals surface area contributed by atoms with E-state index in [1.165, 1.54) is 6.07 Å². The number of nitrogens with zero attached hydrogens (tertiary/aromatic N) is 1. The number of rotatable bonds is 1. The van der Waals surface area contributed by atoms with Crippen molar-refractivity contribution >= 4 is 21.0 Å². The van der Waals surface area contributed by atoms with Crippen LogP contribution in [0.2, 0.25) is 0 Å². The largest absolute Gasteiger partial charge is 0.412 e. The van der Waals surface area contributed by atoms with Crippen LogP contribution in [0.5, 0.6) is 0 Å². The molecule has 2 rings (SSSR count). The fraction of sp³-hybridized carbons (Fsp3) is 0. The van der Waals surface area contributed by atoms with E-state index >= 15 is 0 Å². The molecule has 0 unspecified atom stereocenters. The van der Waals surface area contributed by atoms with Gasteiger partial charge in [-0.1, -0.05) is 6.07 Å². The SMILES string of the molecule is O.O=S(=O)(O)c1cccc2ncccc12. The van der Waals surface area contributed by atoms with Crippen molar-refractivity contribution in [1.82, 2.24) is 4.98 Å². The summed E-state index contributed by atoms with van der Waals surface area (Å²) in [5, 5.41) is 0.428. The van der Waals surface area contributed by atoms with Crippen molar-refractivity contribution in [2.45, 2.75) is 4.90 Å². The van der Waals surface area contributed by atoms with Gasteiger partial charge in [0, 0.05) is 11.6 Å². The van der Waals surface area contributed by atoms with Crippen LogP contribution in [0.15, 0.2) is 41.4 Å². The molecule has 1 heterocycles. The molecule has 0 atom stereocenters. The Morgan fingerprint density at radius 1 is 1.13 bits per heavy atom. The van der Waals surface area contributed by atoms with Gasteiger partial charge in [0.15, 0.2) is 0 Å². The third kappa shape index (κ3) is 2.12. The summed E-state index contributed by atoms with van der Waals surface area (Å²) < 4.78 is 30.9. The second kappa shape index (κ2) is 3.93. The summed E-state index contributed by atoms with van der Waals surface area (Å²) in [5.41, 5.74) is 0.544. The van der Waals surface area contributed by atoms with Crippen LogP contribution in [-0.2, 0) is 10.1 Å². The summed E-state index contributed by atoms with van der Waals surface area (Å²) in [6.45, 7) is 0. The van der Waals surface area contributed by atoms with Gasteiger partial charge in [-0.15, -0.1) is 0 Å². The Morgan fingerprint density at radius 2 is 1.87 bits per heavy atom. The first-order chi connectivity index (χ1) is 6.59. The predicted octanol–water partition coefficient (Wildman–Crippen LogP) is 0.657. The summed E-state index contributed by atoms with van der Waals surface area (Å²) in [5.74, 6) is 0. The van der Waals surface area contributed by atoms with Gasteiger partial charge in [-0.05, 0) is 24.3 Å². The molecular formula is C9H9NO4S. The lowest BCUT2D eigenvalue weighted by Gasteiger charge is -2.01. The van der Waals surface area contributed by atoms with Gasteiger partial charge >= 0.3 is 0 Å². The number of benzene rings is 1. The molecule has 5 nitrogen and oxygen atoms in total. The Balaban J connectivity index is 0.00000112. The lowest BCUT2D eigenvalue weighted by atomic mass is 10.2. The Hall–Kier alpha value is -1.50. The lowest BCUT2D eigenvalue weighted by molar-refractivity contribution is 0.484. The van der Waals surface area contributed by atoms with E-state index in [1.54, 1.807) is 30.5 Å². The Kier molecular flexibility index (Phi) is 3.04. The zero-order valence-corrected chi connectivity index (χ0v) is 8.40. The van der Waals surface area contributed by atoms with Crippen LogP contribution in [0.3, 0.4) is 0 Å². The molecule has 15 heavy (non-hydrogen) atoms. The maximum Gasteiger partial charge on any atom is 0.295 e. The highest BCUT2D eigenvalue weighted by Crippen LogP contribution is 2.20. The molecule has 0 fully saturated rings. The molecule has 3 N–H and O–H groups in total. The van der Waals surface area contributed by atoms with Gasteiger partial charge in [0.05, 0.1) is 5.52 Å². The van der Waals surface area contributed by atoms with Gasteiger partial charge in [0.1, 0.15) is 4.90 Å². The smallest absolute Gasteiger partial charge is 0.295 e. The van der Waals surface area contributed by atoms with Crippen molar-refractivity contribution in [2.24, 2.45) is 0 Å². The van der Waals surface area contributed by atoms with Crippen molar-refractivity contribution in [1.29, 1.82) is 0 Å². The maximum atomic E-state index is 11.0. The highest BCUT2D eigenvalue weighted by atomic mass is 32.2. The maximum absolute atomic E-state index is 11.0.